The molecule has 6 nitrogen and oxygen atoms in total. The minimum absolute atomic E-state index is 0.0794. The highest BCUT2D eigenvalue weighted by atomic mass is 16.6. The normalized spacial score (nSPS) is 12.4. The van der Waals surface area contributed by atoms with Crippen molar-refractivity contribution in [3.05, 3.63) is 48.6 Å². The Balaban J connectivity index is 4.14. The summed E-state index contributed by atoms with van der Waals surface area (Å²) in [5, 5.41) is 0. The van der Waals surface area contributed by atoms with Crippen LogP contribution in [0.1, 0.15) is 252 Å². The molecule has 0 aliphatic rings. The van der Waals surface area contributed by atoms with Crippen LogP contribution in [0.5, 0.6) is 0 Å². The number of carbonyl (C=O) groups is 3. The monoisotopic (exact) mass is 827 g/mol. The molecular weight excluding hydrogens is 733 g/mol. The van der Waals surface area contributed by atoms with Crippen molar-refractivity contribution in [1.82, 2.24) is 0 Å². The van der Waals surface area contributed by atoms with Gasteiger partial charge in [0.15, 0.2) is 6.10 Å². The van der Waals surface area contributed by atoms with Crippen LogP contribution in [0.4, 0.5) is 0 Å². The Morgan fingerprint density at radius 1 is 0.339 bits per heavy atom. The Bertz CT molecular complexity index is 1040. The lowest BCUT2D eigenvalue weighted by atomic mass is 10.1. The zero-order valence-electron chi connectivity index (χ0n) is 39.0. The molecule has 0 rings (SSSR count). The van der Waals surface area contributed by atoms with Gasteiger partial charge >= 0.3 is 17.9 Å². The van der Waals surface area contributed by atoms with Crippen LogP contribution in [0.25, 0.3) is 0 Å². The van der Waals surface area contributed by atoms with Gasteiger partial charge < -0.3 is 14.2 Å². The van der Waals surface area contributed by atoms with Gasteiger partial charge in [-0.25, -0.2) is 0 Å². The highest BCUT2D eigenvalue weighted by Crippen LogP contribution is 2.14. The van der Waals surface area contributed by atoms with E-state index in [1.807, 2.05) is 0 Å². The smallest absolute Gasteiger partial charge is 0.306 e. The number of hydrogen-bond donors (Lipinski definition) is 0. The molecule has 0 aliphatic carbocycles. The molecule has 0 aromatic carbocycles. The molecule has 0 N–H and O–H groups in total. The summed E-state index contributed by atoms with van der Waals surface area (Å²) in [5.74, 6) is -0.907. The molecule has 0 saturated heterocycles. The van der Waals surface area contributed by atoms with Gasteiger partial charge in [-0.1, -0.05) is 198 Å². The first-order valence-corrected chi connectivity index (χ1v) is 25.1. The van der Waals surface area contributed by atoms with Crippen LogP contribution in [0, 0.1) is 0 Å². The molecule has 1 atom stereocenters. The lowest BCUT2D eigenvalue weighted by Crippen LogP contribution is -2.30. The average molecular weight is 827 g/mol. The summed E-state index contributed by atoms with van der Waals surface area (Å²) in [7, 11) is 0. The van der Waals surface area contributed by atoms with E-state index in [-0.39, 0.29) is 31.1 Å². The molecule has 0 aliphatic heterocycles. The second kappa shape index (κ2) is 48.0. The fourth-order valence-corrected chi connectivity index (χ4v) is 6.97. The Morgan fingerprint density at radius 3 is 0.983 bits per heavy atom. The summed E-state index contributed by atoms with van der Waals surface area (Å²) in [6.45, 7) is 6.52. The lowest BCUT2D eigenvalue weighted by Gasteiger charge is -2.18. The summed E-state index contributed by atoms with van der Waals surface area (Å²) >= 11 is 0. The van der Waals surface area contributed by atoms with E-state index in [4.69, 9.17) is 14.2 Å². The van der Waals surface area contributed by atoms with E-state index in [0.29, 0.717) is 19.3 Å². The summed E-state index contributed by atoms with van der Waals surface area (Å²) in [4.78, 5) is 37.6. The number of ether oxygens (including phenoxy) is 3. The van der Waals surface area contributed by atoms with Crippen LogP contribution in [0.3, 0.4) is 0 Å². The van der Waals surface area contributed by atoms with Crippen molar-refractivity contribution >= 4 is 17.9 Å². The number of rotatable bonds is 45. The Morgan fingerprint density at radius 2 is 0.610 bits per heavy atom. The summed E-state index contributed by atoms with van der Waals surface area (Å²) < 4.78 is 16.6. The van der Waals surface area contributed by atoms with Crippen molar-refractivity contribution in [2.75, 3.05) is 13.2 Å². The number of carbonyl (C=O) groups excluding carboxylic acids is 3. The van der Waals surface area contributed by atoms with E-state index >= 15 is 0 Å². The second-order valence-corrected chi connectivity index (χ2v) is 16.7. The second-order valence-electron chi connectivity index (χ2n) is 16.7. The van der Waals surface area contributed by atoms with Crippen molar-refractivity contribution in [3.8, 4) is 0 Å². The first kappa shape index (κ1) is 56.4. The molecule has 0 aromatic rings. The van der Waals surface area contributed by atoms with Gasteiger partial charge in [0.2, 0.25) is 0 Å². The van der Waals surface area contributed by atoms with Crippen LogP contribution in [0.2, 0.25) is 0 Å². The number of unbranched alkanes of at least 4 members (excludes halogenated alkanes) is 26. The quantitative estimate of drug-likeness (QED) is 0.0263. The van der Waals surface area contributed by atoms with E-state index in [2.05, 4.69) is 69.4 Å². The first-order chi connectivity index (χ1) is 29.0. The third kappa shape index (κ3) is 46.3. The van der Waals surface area contributed by atoms with Gasteiger partial charge in [-0.15, -0.1) is 0 Å². The minimum Gasteiger partial charge on any atom is -0.462 e. The molecule has 0 fully saturated rings. The number of hydrogen-bond acceptors (Lipinski definition) is 6. The molecule has 59 heavy (non-hydrogen) atoms. The maximum absolute atomic E-state index is 12.7. The van der Waals surface area contributed by atoms with Crippen molar-refractivity contribution in [3.63, 3.8) is 0 Å². The van der Waals surface area contributed by atoms with Gasteiger partial charge in [-0.05, 0) is 83.5 Å². The van der Waals surface area contributed by atoms with E-state index in [1.54, 1.807) is 0 Å². The van der Waals surface area contributed by atoms with Crippen LogP contribution >= 0.6 is 0 Å². The highest BCUT2D eigenvalue weighted by Gasteiger charge is 2.19. The fraction of sp³-hybridized carbons (Fsp3) is 0.792. The van der Waals surface area contributed by atoms with Crippen molar-refractivity contribution in [1.29, 1.82) is 0 Å². The predicted octanol–water partition coefficient (Wildman–Crippen LogP) is 16.3. The topological polar surface area (TPSA) is 78.9 Å². The zero-order valence-corrected chi connectivity index (χ0v) is 39.0. The first-order valence-electron chi connectivity index (χ1n) is 25.1. The molecule has 0 saturated carbocycles. The Kier molecular flexibility index (Phi) is 45.9. The number of allylic oxidation sites excluding steroid dienone is 8. The van der Waals surface area contributed by atoms with Crippen LogP contribution in [0.15, 0.2) is 48.6 Å². The molecule has 0 amide bonds. The van der Waals surface area contributed by atoms with Gasteiger partial charge in [0.25, 0.3) is 0 Å². The van der Waals surface area contributed by atoms with Crippen molar-refractivity contribution in [2.24, 2.45) is 0 Å². The maximum Gasteiger partial charge on any atom is 0.306 e. The van der Waals surface area contributed by atoms with E-state index < -0.39 is 6.10 Å². The standard InChI is InChI=1S/C53H94O6/c1-4-7-10-13-15-17-19-21-22-23-24-25-26-27-28-29-30-32-33-35-37-40-43-46-52(55)58-49-50(48-57-51(54)45-42-39-12-9-6-3)59-53(56)47-44-41-38-36-34-31-20-18-16-14-11-8-5-2/h18-21,23-24,26-27,50H,4-17,22,25,28-49H2,1-3H3/b20-18-,21-19-,24-23-,27-26-. The average Bonchev–Trinajstić information content (AvgIpc) is 3.23. The van der Waals surface area contributed by atoms with E-state index in [0.717, 1.165) is 96.3 Å². The molecule has 6 heteroatoms. The zero-order chi connectivity index (χ0) is 43.0. The summed E-state index contributed by atoms with van der Waals surface area (Å²) in [5.41, 5.74) is 0. The van der Waals surface area contributed by atoms with Gasteiger partial charge in [0, 0.05) is 19.3 Å². The van der Waals surface area contributed by atoms with Gasteiger partial charge in [-0.2, -0.15) is 0 Å². The lowest BCUT2D eigenvalue weighted by molar-refractivity contribution is -0.167. The molecule has 0 heterocycles. The maximum atomic E-state index is 12.7. The highest BCUT2D eigenvalue weighted by molar-refractivity contribution is 5.71. The van der Waals surface area contributed by atoms with Crippen LogP contribution in [-0.2, 0) is 28.6 Å². The molecular formula is C53H94O6. The van der Waals surface area contributed by atoms with Gasteiger partial charge in [0.1, 0.15) is 13.2 Å². The molecule has 0 spiro atoms. The predicted molar refractivity (Wildman–Crippen MR) is 252 cm³/mol. The van der Waals surface area contributed by atoms with Crippen LogP contribution < -0.4 is 0 Å². The third-order valence-corrected chi connectivity index (χ3v) is 10.8. The Labute approximate surface area is 365 Å². The molecule has 1 unspecified atom stereocenters. The molecule has 0 bridgehead atoms. The molecule has 342 valence electrons. The third-order valence-electron chi connectivity index (χ3n) is 10.8. The molecule has 0 radical (unpaired) electrons. The van der Waals surface area contributed by atoms with Gasteiger partial charge in [0.05, 0.1) is 0 Å². The SMILES string of the molecule is CCCCCC/C=C\CCCCCCCC(=O)OC(COC(=O)CCCCCCC)COC(=O)CCCCCCCCCC/C=C\C/C=C\C/C=C\CCCCCCC. The minimum atomic E-state index is -0.774. The van der Waals surface area contributed by atoms with Crippen molar-refractivity contribution < 1.29 is 28.6 Å². The summed E-state index contributed by atoms with van der Waals surface area (Å²) in [6.07, 6.45) is 57.0. The Hall–Kier alpha value is -2.63. The fourth-order valence-electron chi connectivity index (χ4n) is 6.97. The van der Waals surface area contributed by atoms with Crippen LogP contribution in [-0.4, -0.2) is 37.2 Å². The van der Waals surface area contributed by atoms with Gasteiger partial charge in [-0.3, -0.25) is 14.4 Å². The largest absolute Gasteiger partial charge is 0.462 e. The van der Waals surface area contributed by atoms with E-state index in [1.165, 1.54) is 116 Å². The van der Waals surface area contributed by atoms with Crippen molar-refractivity contribution in [2.45, 2.75) is 258 Å². The number of esters is 3. The summed E-state index contributed by atoms with van der Waals surface area (Å²) in [6, 6.07) is 0. The van der Waals surface area contributed by atoms with E-state index in [9.17, 15) is 14.4 Å². The molecule has 0 aromatic heterocycles.